The van der Waals surface area contributed by atoms with Gasteiger partial charge >= 0.3 is 0 Å². The first kappa shape index (κ1) is 15.7. The third kappa shape index (κ3) is 3.24. The quantitative estimate of drug-likeness (QED) is 0.718. The van der Waals surface area contributed by atoms with Crippen molar-refractivity contribution in [3.8, 4) is 0 Å². The molecule has 9 heteroatoms. The zero-order chi connectivity index (χ0) is 17.4. The van der Waals surface area contributed by atoms with Gasteiger partial charge in [0.05, 0.1) is 4.90 Å². The highest BCUT2D eigenvalue weighted by Gasteiger charge is 2.28. The normalized spacial score (nSPS) is 14.6. The maximum Gasteiger partial charge on any atom is 0.278 e. The Bertz CT molecular complexity index is 1060. The van der Waals surface area contributed by atoms with E-state index in [2.05, 4.69) is 20.0 Å². The first-order valence-corrected chi connectivity index (χ1v) is 9.23. The Labute approximate surface area is 144 Å². The molecule has 0 atom stereocenters. The summed E-state index contributed by atoms with van der Waals surface area (Å²) in [5, 5.41) is 2.67. The second kappa shape index (κ2) is 5.94. The number of aromatic nitrogens is 3. The van der Waals surface area contributed by atoms with Crippen molar-refractivity contribution in [3.05, 3.63) is 54.7 Å². The SMILES string of the molecule is O=C(Nc1cccc(S(=O)(=O)NC2CC2)c1)c1nccn2ccnc12. The smallest absolute Gasteiger partial charge is 0.278 e. The summed E-state index contributed by atoms with van der Waals surface area (Å²) in [6, 6.07) is 6.15. The van der Waals surface area contributed by atoms with E-state index in [1.54, 1.807) is 35.1 Å². The number of hydrogen-bond acceptors (Lipinski definition) is 5. The lowest BCUT2D eigenvalue weighted by Crippen LogP contribution is -2.25. The number of hydrogen-bond donors (Lipinski definition) is 2. The number of rotatable bonds is 5. The first-order chi connectivity index (χ1) is 12.0. The molecule has 1 saturated carbocycles. The summed E-state index contributed by atoms with van der Waals surface area (Å²) in [6.45, 7) is 0. The predicted molar refractivity (Wildman–Crippen MR) is 90.7 cm³/mol. The number of fused-ring (bicyclic) bond motifs is 1. The predicted octanol–water partition coefficient (Wildman–Crippen LogP) is 1.42. The molecule has 2 N–H and O–H groups in total. The minimum absolute atomic E-state index is 0.0190. The van der Waals surface area contributed by atoms with E-state index < -0.39 is 15.9 Å². The van der Waals surface area contributed by atoms with Crippen LogP contribution in [0.3, 0.4) is 0 Å². The standard InChI is InChI=1S/C16H15N5O3S/c22-16(14-15-18-7-9-21(15)8-6-17-14)19-12-2-1-3-13(10-12)25(23,24)20-11-4-5-11/h1-3,6-11,20H,4-5H2,(H,19,22). The molecule has 0 spiro atoms. The van der Waals surface area contributed by atoms with Crippen LogP contribution in [0.5, 0.6) is 0 Å². The Morgan fingerprint density at radius 1 is 1.16 bits per heavy atom. The van der Waals surface area contributed by atoms with Crippen molar-refractivity contribution in [1.29, 1.82) is 0 Å². The fourth-order valence-electron chi connectivity index (χ4n) is 2.43. The van der Waals surface area contributed by atoms with Gasteiger partial charge in [-0.1, -0.05) is 6.07 Å². The Morgan fingerprint density at radius 3 is 2.68 bits per heavy atom. The van der Waals surface area contributed by atoms with E-state index in [0.29, 0.717) is 11.3 Å². The number of imidazole rings is 1. The average molecular weight is 357 g/mol. The molecule has 0 bridgehead atoms. The molecule has 0 saturated heterocycles. The first-order valence-electron chi connectivity index (χ1n) is 7.74. The van der Waals surface area contributed by atoms with Gasteiger partial charge in [-0.2, -0.15) is 0 Å². The molecule has 25 heavy (non-hydrogen) atoms. The molecule has 0 aliphatic heterocycles. The van der Waals surface area contributed by atoms with E-state index in [1.165, 1.54) is 18.3 Å². The molecule has 1 aromatic carbocycles. The summed E-state index contributed by atoms with van der Waals surface area (Å²) < 4.78 is 28.9. The van der Waals surface area contributed by atoms with Crippen LogP contribution in [0.15, 0.2) is 53.9 Å². The van der Waals surface area contributed by atoms with Gasteiger partial charge in [-0.3, -0.25) is 4.79 Å². The maximum atomic E-state index is 12.5. The monoisotopic (exact) mass is 357 g/mol. The van der Waals surface area contributed by atoms with Gasteiger partial charge in [-0.05, 0) is 31.0 Å². The van der Waals surface area contributed by atoms with Crippen LogP contribution in [0.25, 0.3) is 5.65 Å². The third-order valence-electron chi connectivity index (χ3n) is 3.83. The van der Waals surface area contributed by atoms with Crippen LogP contribution in [-0.4, -0.2) is 34.7 Å². The highest BCUT2D eigenvalue weighted by molar-refractivity contribution is 7.89. The number of benzene rings is 1. The van der Waals surface area contributed by atoms with Crippen molar-refractivity contribution in [2.75, 3.05) is 5.32 Å². The molecule has 8 nitrogen and oxygen atoms in total. The molecular formula is C16H15N5O3S. The number of nitrogens with one attached hydrogen (secondary N) is 2. The van der Waals surface area contributed by atoms with Crippen LogP contribution in [-0.2, 0) is 10.0 Å². The van der Waals surface area contributed by atoms with Crippen molar-refractivity contribution in [1.82, 2.24) is 19.1 Å². The molecule has 4 rings (SSSR count). The molecule has 0 unspecified atom stereocenters. The molecule has 1 amide bonds. The van der Waals surface area contributed by atoms with Gasteiger partial charge in [0.25, 0.3) is 5.91 Å². The van der Waals surface area contributed by atoms with Gasteiger partial charge in [-0.15, -0.1) is 0 Å². The lowest BCUT2D eigenvalue weighted by molar-refractivity contribution is 0.102. The summed E-state index contributed by atoms with van der Waals surface area (Å²) in [6.07, 6.45) is 8.19. The highest BCUT2D eigenvalue weighted by Crippen LogP contribution is 2.23. The van der Waals surface area contributed by atoms with Crippen molar-refractivity contribution in [2.45, 2.75) is 23.8 Å². The Morgan fingerprint density at radius 2 is 1.92 bits per heavy atom. The molecule has 1 aliphatic carbocycles. The summed E-state index contributed by atoms with van der Waals surface area (Å²) in [7, 11) is -3.58. The van der Waals surface area contributed by atoms with E-state index in [-0.39, 0.29) is 16.6 Å². The fourth-order valence-corrected chi connectivity index (χ4v) is 3.78. The molecule has 2 aromatic heterocycles. The van der Waals surface area contributed by atoms with Crippen molar-refractivity contribution < 1.29 is 13.2 Å². The number of anilines is 1. The molecule has 1 fully saturated rings. The molecule has 0 radical (unpaired) electrons. The van der Waals surface area contributed by atoms with E-state index in [9.17, 15) is 13.2 Å². The van der Waals surface area contributed by atoms with Gasteiger partial charge in [-0.25, -0.2) is 23.1 Å². The molecule has 128 valence electrons. The number of sulfonamides is 1. The fraction of sp³-hybridized carbons (Fsp3) is 0.188. The van der Waals surface area contributed by atoms with Gasteiger partial charge in [0, 0.05) is 36.5 Å². The molecule has 3 aromatic rings. The van der Waals surface area contributed by atoms with E-state index in [4.69, 9.17) is 0 Å². The minimum atomic E-state index is -3.58. The highest BCUT2D eigenvalue weighted by atomic mass is 32.2. The van der Waals surface area contributed by atoms with Gasteiger partial charge < -0.3 is 9.72 Å². The number of nitrogens with zero attached hydrogens (tertiary/aromatic N) is 3. The van der Waals surface area contributed by atoms with Crippen molar-refractivity contribution in [3.63, 3.8) is 0 Å². The van der Waals surface area contributed by atoms with Crippen LogP contribution in [0, 0.1) is 0 Å². The zero-order valence-corrected chi connectivity index (χ0v) is 13.9. The molecule has 1 aliphatic rings. The van der Waals surface area contributed by atoms with E-state index in [0.717, 1.165) is 12.8 Å². The van der Waals surface area contributed by atoms with Crippen LogP contribution >= 0.6 is 0 Å². The third-order valence-corrected chi connectivity index (χ3v) is 5.35. The average Bonchev–Trinajstić information content (AvgIpc) is 3.25. The van der Waals surface area contributed by atoms with Crippen LogP contribution in [0.1, 0.15) is 23.3 Å². The maximum absolute atomic E-state index is 12.5. The second-order valence-electron chi connectivity index (χ2n) is 5.81. The summed E-state index contributed by atoms with van der Waals surface area (Å²) >= 11 is 0. The number of amides is 1. The Balaban J connectivity index is 1.59. The zero-order valence-electron chi connectivity index (χ0n) is 13.1. The van der Waals surface area contributed by atoms with E-state index in [1.807, 2.05) is 0 Å². The van der Waals surface area contributed by atoms with Crippen molar-refractivity contribution >= 4 is 27.3 Å². The minimum Gasteiger partial charge on any atom is -0.320 e. The van der Waals surface area contributed by atoms with Crippen LogP contribution in [0.2, 0.25) is 0 Å². The topological polar surface area (TPSA) is 105 Å². The number of carbonyl (C=O) groups excluding carboxylic acids is 1. The van der Waals surface area contributed by atoms with Crippen molar-refractivity contribution in [2.24, 2.45) is 0 Å². The van der Waals surface area contributed by atoms with Gasteiger partial charge in [0.1, 0.15) is 0 Å². The lowest BCUT2D eigenvalue weighted by Gasteiger charge is -2.09. The lowest BCUT2D eigenvalue weighted by atomic mass is 10.3. The Hall–Kier alpha value is -2.78. The van der Waals surface area contributed by atoms with Crippen LogP contribution in [0.4, 0.5) is 5.69 Å². The van der Waals surface area contributed by atoms with E-state index >= 15 is 0 Å². The molecular weight excluding hydrogens is 342 g/mol. The van der Waals surface area contributed by atoms with Crippen LogP contribution < -0.4 is 10.0 Å². The summed E-state index contributed by atoms with van der Waals surface area (Å²) in [5.74, 6) is -0.457. The number of carbonyl (C=O) groups is 1. The second-order valence-corrected chi connectivity index (χ2v) is 7.53. The summed E-state index contributed by atoms with van der Waals surface area (Å²) in [4.78, 5) is 20.8. The van der Waals surface area contributed by atoms with Gasteiger partial charge in [0.2, 0.25) is 10.0 Å². The Kier molecular flexibility index (Phi) is 3.74. The molecule has 2 heterocycles. The summed E-state index contributed by atoms with van der Waals surface area (Å²) in [5.41, 5.74) is 0.968. The largest absolute Gasteiger partial charge is 0.320 e. The van der Waals surface area contributed by atoms with Gasteiger partial charge in [0.15, 0.2) is 11.3 Å².